The van der Waals surface area contributed by atoms with Crippen molar-refractivity contribution in [2.45, 2.75) is 34.1 Å². The highest BCUT2D eigenvalue weighted by atomic mass is 14.7. The van der Waals surface area contributed by atoms with Crippen molar-refractivity contribution in [3.8, 4) is 0 Å². The monoisotopic (exact) mass is 279 g/mol. The van der Waals surface area contributed by atoms with Crippen molar-refractivity contribution in [1.29, 1.82) is 0 Å². The Hall–Kier alpha value is -2.15. The summed E-state index contributed by atoms with van der Waals surface area (Å²) in [6.07, 6.45) is 0.895. The molecule has 0 atom stereocenters. The predicted octanol–water partition coefficient (Wildman–Crippen LogP) is 5.88. The summed E-state index contributed by atoms with van der Waals surface area (Å²) in [5.74, 6) is 0. The number of aromatic nitrogens is 1. The molecule has 0 aliphatic carbocycles. The largest absolute Gasteiger partial charge is 0.252 e. The molecule has 0 saturated carbocycles. The normalized spacial score (nSPS) is 9.14. The van der Waals surface area contributed by atoms with Gasteiger partial charge in [0.15, 0.2) is 0 Å². The first-order valence-corrected chi connectivity index (χ1v) is 7.80. The number of para-hydroxylation sites is 1. The molecule has 1 nitrogen and oxygen atoms in total. The van der Waals surface area contributed by atoms with E-state index in [1.54, 1.807) is 0 Å². The van der Waals surface area contributed by atoms with Crippen molar-refractivity contribution in [1.82, 2.24) is 4.98 Å². The van der Waals surface area contributed by atoms with E-state index in [0.29, 0.717) is 0 Å². The third-order valence-corrected chi connectivity index (χ3v) is 2.88. The molecule has 2 aromatic carbocycles. The SMILES string of the molecule is CC.CC.c1ccc(Cc2ccc3ccccc3n2)cc1. The number of nitrogens with zero attached hydrogens (tertiary/aromatic N) is 1. The first-order chi connectivity index (χ1) is 10.4. The highest BCUT2D eigenvalue weighted by Gasteiger charge is 1.99. The molecule has 1 heterocycles. The smallest absolute Gasteiger partial charge is 0.0705 e. The van der Waals surface area contributed by atoms with Crippen LogP contribution in [0.25, 0.3) is 10.9 Å². The van der Waals surface area contributed by atoms with E-state index in [4.69, 9.17) is 0 Å². The molecule has 1 heteroatoms. The highest BCUT2D eigenvalue weighted by molar-refractivity contribution is 5.78. The van der Waals surface area contributed by atoms with Crippen LogP contribution in [0.4, 0.5) is 0 Å². The number of benzene rings is 2. The van der Waals surface area contributed by atoms with Gasteiger partial charge in [0.25, 0.3) is 0 Å². The summed E-state index contributed by atoms with van der Waals surface area (Å²) in [7, 11) is 0. The number of pyridine rings is 1. The van der Waals surface area contributed by atoms with Crippen LogP contribution in [0.3, 0.4) is 0 Å². The lowest BCUT2D eigenvalue weighted by Gasteiger charge is -2.03. The Morgan fingerprint density at radius 3 is 2.00 bits per heavy atom. The van der Waals surface area contributed by atoms with Crippen molar-refractivity contribution in [2.75, 3.05) is 0 Å². The van der Waals surface area contributed by atoms with E-state index in [1.807, 2.05) is 45.9 Å². The lowest BCUT2D eigenvalue weighted by molar-refractivity contribution is 1.10. The Morgan fingerprint density at radius 1 is 0.667 bits per heavy atom. The topological polar surface area (TPSA) is 12.9 Å². The Bertz CT molecular complexity index is 629. The average Bonchev–Trinajstić information content (AvgIpc) is 2.59. The second kappa shape index (κ2) is 9.71. The van der Waals surface area contributed by atoms with Gasteiger partial charge in [0.1, 0.15) is 0 Å². The quantitative estimate of drug-likeness (QED) is 0.571. The van der Waals surface area contributed by atoms with Crippen molar-refractivity contribution in [3.63, 3.8) is 0 Å². The molecule has 0 unspecified atom stereocenters. The standard InChI is InChI=1S/C16H13N.2C2H6/c1-2-6-13(7-3-1)12-15-11-10-14-8-4-5-9-16(14)17-15;2*1-2/h1-11H,12H2;2*1-2H3. The molecular formula is C20H25N. The van der Waals surface area contributed by atoms with Gasteiger partial charge in [0.05, 0.1) is 5.52 Å². The predicted molar refractivity (Wildman–Crippen MR) is 93.7 cm³/mol. The number of hydrogen-bond acceptors (Lipinski definition) is 1. The fourth-order valence-corrected chi connectivity index (χ4v) is 2.01. The number of rotatable bonds is 2. The van der Waals surface area contributed by atoms with Gasteiger partial charge in [-0.15, -0.1) is 0 Å². The van der Waals surface area contributed by atoms with Crippen LogP contribution in [-0.4, -0.2) is 4.98 Å². The molecule has 0 N–H and O–H groups in total. The van der Waals surface area contributed by atoms with Crippen molar-refractivity contribution >= 4 is 10.9 Å². The van der Waals surface area contributed by atoms with E-state index >= 15 is 0 Å². The molecule has 0 saturated heterocycles. The highest BCUT2D eigenvalue weighted by Crippen LogP contribution is 2.14. The van der Waals surface area contributed by atoms with E-state index in [1.165, 1.54) is 10.9 Å². The molecule has 0 fully saturated rings. The van der Waals surface area contributed by atoms with Crippen LogP contribution in [0.2, 0.25) is 0 Å². The molecule has 0 aliphatic heterocycles. The number of hydrogen-bond donors (Lipinski definition) is 0. The lowest BCUT2D eigenvalue weighted by Crippen LogP contribution is -1.92. The van der Waals surface area contributed by atoms with E-state index in [9.17, 15) is 0 Å². The lowest BCUT2D eigenvalue weighted by atomic mass is 10.1. The summed E-state index contributed by atoms with van der Waals surface area (Å²) >= 11 is 0. The molecule has 0 spiro atoms. The third-order valence-electron chi connectivity index (χ3n) is 2.88. The molecule has 3 rings (SSSR count). The van der Waals surface area contributed by atoms with Gasteiger partial charge >= 0.3 is 0 Å². The minimum absolute atomic E-state index is 0.895. The molecule has 0 amide bonds. The maximum atomic E-state index is 4.67. The molecular weight excluding hydrogens is 254 g/mol. The van der Waals surface area contributed by atoms with Crippen molar-refractivity contribution < 1.29 is 0 Å². The van der Waals surface area contributed by atoms with Gasteiger partial charge in [-0.1, -0.05) is 82.3 Å². The minimum Gasteiger partial charge on any atom is -0.252 e. The van der Waals surface area contributed by atoms with E-state index in [2.05, 4.69) is 53.5 Å². The van der Waals surface area contributed by atoms with Crippen LogP contribution in [-0.2, 0) is 6.42 Å². The Labute approximate surface area is 128 Å². The molecule has 110 valence electrons. The van der Waals surface area contributed by atoms with Gasteiger partial charge in [0, 0.05) is 17.5 Å². The summed E-state index contributed by atoms with van der Waals surface area (Å²) in [5.41, 5.74) is 3.49. The van der Waals surface area contributed by atoms with Crippen molar-refractivity contribution in [2.24, 2.45) is 0 Å². The van der Waals surface area contributed by atoms with Gasteiger partial charge in [0.2, 0.25) is 0 Å². The first kappa shape index (κ1) is 16.9. The van der Waals surface area contributed by atoms with E-state index in [-0.39, 0.29) is 0 Å². The van der Waals surface area contributed by atoms with E-state index in [0.717, 1.165) is 17.6 Å². The molecule has 3 aromatic rings. The summed E-state index contributed by atoms with van der Waals surface area (Å²) in [6, 6.07) is 22.9. The van der Waals surface area contributed by atoms with Crippen LogP contribution in [0.15, 0.2) is 66.7 Å². The zero-order chi connectivity index (χ0) is 15.5. The van der Waals surface area contributed by atoms with Gasteiger partial charge < -0.3 is 0 Å². The summed E-state index contributed by atoms with van der Waals surface area (Å²) in [5, 5.41) is 1.20. The van der Waals surface area contributed by atoms with Crippen LogP contribution in [0.1, 0.15) is 39.0 Å². The maximum absolute atomic E-state index is 4.67. The van der Waals surface area contributed by atoms with Crippen LogP contribution in [0.5, 0.6) is 0 Å². The molecule has 1 aromatic heterocycles. The minimum atomic E-state index is 0.895. The number of fused-ring (bicyclic) bond motifs is 1. The van der Waals surface area contributed by atoms with Gasteiger partial charge in [-0.05, 0) is 17.7 Å². The first-order valence-electron chi connectivity index (χ1n) is 7.80. The maximum Gasteiger partial charge on any atom is 0.0705 e. The van der Waals surface area contributed by atoms with Gasteiger partial charge in [-0.25, -0.2) is 0 Å². The average molecular weight is 279 g/mol. The zero-order valence-corrected chi connectivity index (χ0v) is 13.5. The zero-order valence-electron chi connectivity index (χ0n) is 13.5. The fraction of sp³-hybridized carbons (Fsp3) is 0.250. The van der Waals surface area contributed by atoms with Gasteiger partial charge in [-0.2, -0.15) is 0 Å². The summed E-state index contributed by atoms with van der Waals surface area (Å²) in [6.45, 7) is 8.00. The second-order valence-corrected chi connectivity index (χ2v) is 4.16. The molecule has 0 radical (unpaired) electrons. The van der Waals surface area contributed by atoms with E-state index < -0.39 is 0 Å². The third kappa shape index (κ3) is 5.03. The fourth-order valence-electron chi connectivity index (χ4n) is 2.01. The second-order valence-electron chi connectivity index (χ2n) is 4.16. The molecule has 21 heavy (non-hydrogen) atoms. The summed E-state index contributed by atoms with van der Waals surface area (Å²) < 4.78 is 0. The molecule has 0 bridgehead atoms. The van der Waals surface area contributed by atoms with Crippen LogP contribution >= 0.6 is 0 Å². The molecule has 0 aliphatic rings. The Morgan fingerprint density at radius 2 is 1.29 bits per heavy atom. The Kier molecular flexibility index (Phi) is 7.81. The van der Waals surface area contributed by atoms with Crippen LogP contribution in [0, 0.1) is 0 Å². The van der Waals surface area contributed by atoms with Gasteiger partial charge in [-0.3, -0.25) is 4.98 Å². The Balaban J connectivity index is 0.000000510. The summed E-state index contributed by atoms with van der Waals surface area (Å²) in [4.78, 5) is 4.67. The van der Waals surface area contributed by atoms with Crippen LogP contribution < -0.4 is 0 Å². The van der Waals surface area contributed by atoms with Crippen molar-refractivity contribution in [3.05, 3.63) is 78.0 Å².